The molecule has 5 nitrogen and oxygen atoms in total. The Morgan fingerprint density at radius 2 is 2.24 bits per heavy atom. The van der Waals surface area contributed by atoms with Crippen LogP contribution in [0.2, 0.25) is 0 Å². The lowest BCUT2D eigenvalue weighted by Gasteiger charge is -2.09. The van der Waals surface area contributed by atoms with Crippen molar-refractivity contribution in [1.29, 1.82) is 0 Å². The maximum absolute atomic E-state index is 11.7. The number of para-hydroxylation sites is 1. The van der Waals surface area contributed by atoms with Crippen LogP contribution in [0.15, 0.2) is 41.1 Å². The van der Waals surface area contributed by atoms with E-state index in [4.69, 9.17) is 4.74 Å². The largest absolute Gasteiger partial charge is 0.484 e. The average molecular weight is 352 g/mol. The van der Waals surface area contributed by atoms with Gasteiger partial charge < -0.3 is 10.1 Å². The number of carbonyl (C=O) groups excluding carboxylic acids is 1. The molecule has 0 bridgehead atoms. The van der Waals surface area contributed by atoms with Crippen molar-refractivity contribution in [3.8, 4) is 5.75 Å². The molecule has 0 aliphatic carbocycles. The van der Waals surface area contributed by atoms with Crippen molar-refractivity contribution in [3.05, 3.63) is 46.7 Å². The first-order valence-corrected chi connectivity index (χ1v) is 7.57. The molecule has 1 aromatic heterocycles. The van der Waals surface area contributed by atoms with Crippen LogP contribution < -0.4 is 10.1 Å². The number of ether oxygens (including phenoxy) is 1. The van der Waals surface area contributed by atoms with Gasteiger partial charge in [-0.15, -0.1) is 0 Å². The minimum atomic E-state index is -0.111. The summed E-state index contributed by atoms with van der Waals surface area (Å²) in [6, 6.07) is 7.64. The SMILES string of the molecule is Cc1ccccc1OCC(=O)NCCCn1cc(Br)cn1. The Hall–Kier alpha value is -1.82. The molecule has 2 rings (SSSR count). The summed E-state index contributed by atoms with van der Waals surface area (Å²) in [7, 11) is 0. The lowest BCUT2D eigenvalue weighted by Crippen LogP contribution is -2.30. The van der Waals surface area contributed by atoms with Crippen LogP contribution in [0.1, 0.15) is 12.0 Å². The number of nitrogens with one attached hydrogen (secondary N) is 1. The van der Waals surface area contributed by atoms with Gasteiger partial charge in [0, 0.05) is 19.3 Å². The van der Waals surface area contributed by atoms with Crippen molar-refractivity contribution in [2.45, 2.75) is 19.9 Å². The van der Waals surface area contributed by atoms with Crippen LogP contribution in [0.25, 0.3) is 0 Å². The predicted octanol–water partition coefficient (Wildman–Crippen LogP) is 2.54. The molecule has 2 aromatic rings. The number of aryl methyl sites for hydroxylation is 2. The summed E-state index contributed by atoms with van der Waals surface area (Å²) >= 11 is 3.34. The standard InChI is InChI=1S/C15H18BrN3O2/c1-12-5-2-3-6-14(12)21-11-15(20)17-7-4-8-19-10-13(16)9-18-19/h2-3,5-6,9-10H,4,7-8,11H2,1H3,(H,17,20). The zero-order valence-corrected chi connectivity index (χ0v) is 13.5. The van der Waals surface area contributed by atoms with Gasteiger partial charge in [-0.2, -0.15) is 5.10 Å². The molecule has 0 fully saturated rings. The number of amides is 1. The van der Waals surface area contributed by atoms with Crippen LogP contribution in [-0.4, -0.2) is 28.8 Å². The van der Waals surface area contributed by atoms with Gasteiger partial charge in [0.05, 0.1) is 10.7 Å². The molecule has 0 unspecified atom stereocenters. The first-order valence-electron chi connectivity index (χ1n) is 6.78. The fourth-order valence-electron chi connectivity index (χ4n) is 1.84. The van der Waals surface area contributed by atoms with E-state index in [-0.39, 0.29) is 12.5 Å². The summed E-state index contributed by atoms with van der Waals surface area (Å²) in [5.41, 5.74) is 1.02. The van der Waals surface area contributed by atoms with Gasteiger partial charge in [0.2, 0.25) is 0 Å². The lowest BCUT2D eigenvalue weighted by molar-refractivity contribution is -0.123. The zero-order chi connectivity index (χ0) is 15.1. The van der Waals surface area contributed by atoms with Crippen molar-refractivity contribution < 1.29 is 9.53 Å². The first-order chi connectivity index (χ1) is 10.1. The molecule has 112 valence electrons. The minimum Gasteiger partial charge on any atom is -0.484 e. The number of hydrogen-bond donors (Lipinski definition) is 1. The highest BCUT2D eigenvalue weighted by molar-refractivity contribution is 9.10. The van der Waals surface area contributed by atoms with Crippen LogP contribution in [-0.2, 0) is 11.3 Å². The van der Waals surface area contributed by atoms with E-state index < -0.39 is 0 Å². The second-order valence-corrected chi connectivity index (χ2v) is 5.59. The first kappa shape index (κ1) is 15.6. The number of benzene rings is 1. The normalized spacial score (nSPS) is 10.4. The molecule has 1 aromatic carbocycles. The second-order valence-electron chi connectivity index (χ2n) is 4.68. The Kier molecular flexibility index (Phi) is 5.80. The number of halogens is 1. The van der Waals surface area contributed by atoms with Gasteiger partial charge in [-0.05, 0) is 40.9 Å². The second kappa shape index (κ2) is 7.83. The van der Waals surface area contributed by atoms with Crippen LogP contribution in [0.4, 0.5) is 0 Å². The summed E-state index contributed by atoms with van der Waals surface area (Å²) in [5.74, 6) is 0.633. The molecular formula is C15H18BrN3O2. The smallest absolute Gasteiger partial charge is 0.257 e. The maximum Gasteiger partial charge on any atom is 0.257 e. The van der Waals surface area contributed by atoms with Gasteiger partial charge in [-0.25, -0.2) is 0 Å². The predicted molar refractivity (Wildman–Crippen MR) is 84.2 cm³/mol. The highest BCUT2D eigenvalue weighted by Gasteiger charge is 2.04. The quantitative estimate of drug-likeness (QED) is 0.780. The van der Waals surface area contributed by atoms with E-state index in [0.29, 0.717) is 6.54 Å². The fourth-order valence-corrected chi connectivity index (χ4v) is 2.17. The van der Waals surface area contributed by atoms with E-state index in [1.807, 2.05) is 42.1 Å². The number of aromatic nitrogens is 2. The van der Waals surface area contributed by atoms with E-state index >= 15 is 0 Å². The molecule has 0 aliphatic rings. The van der Waals surface area contributed by atoms with Crippen molar-refractivity contribution in [2.24, 2.45) is 0 Å². The van der Waals surface area contributed by atoms with Crippen molar-refractivity contribution in [2.75, 3.05) is 13.2 Å². The minimum absolute atomic E-state index is 0.0399. The fraction of sp³-hybridized carbons (Fsp3) is 0.333. The van der Waals surface area contributed by atoms with Crippen molar-refractivity contribution in [1.82, 2.24) is 15.1 Å². The van der Waals surface area contributed by atoms with Gasteiger partial charge in [0.25, 0.3) is 5.91 Å². The number of carbonyl (C=O) groups is 1. The van der Waals surface area contributed by atoms with Crippen LogP contribution in [0, 0.1) is 6.92 Å². The van der Waals surface area contributed by atoms with Gasteiger partial charge in [-0.1, -0.05) is 18.2 Å². The summed E-state index contributed by atoms with van der Waals surface area (Å²) in [6.07, 6.45) is 4.47. The van der Waals surface area contributed by atoms with E-state index in [1.165, 1.54) is 0 Å². The number of hydrogen-bond acceptors (Lipinski definition) is 3. The van der Waals surface area contributed by atoms with E-state index in [9.17, 15) is 4.79 Å². The van der Waals surface area contributed by atoms with Gasteiger partial charge in [0.1, 0.15) is 5.75 Å². The Balaban J connectivity index is 1.63. The van der Waals surface area contributed by atoms with Crippen molar-refractivity contribution >= 4 is 21.8 Å². The highest BCUT2D eigenvalue weighted by Crippen LogP contribution is 2.15. The molecule has 0 radical (unpaired) electrons. The Morgan fingerprint density at radius 1 is 1.43 bits per heavy atom. The third kappa shape index (κ3) is 5.23. The van der Waals surface area contributed by atoms with E-state index in [2.05, 4.69) is 26.3 Å². The molecule has 0 atom stereocenters. The van der Waals surface area contributed by atoms with Gasteiger partial charge in [0.15, 0.2) is 6.61 Å². The highest BCUT2D eigenvalue weighted by atomic mass is 79.9. The number of rotatable bonds is 7. The molecule has 1 heterocycles. The Morgan fingerprint density at radius 3 is 2.95 bits per heavy atom. The van der Waals surface area contributed by atoms with E-state index in [0.717, 1.165) is 28.8 Å². The van der Waals surface area contributed by atoms with Crippen LogP contribution in [0.5, 0.6) is 5.75 Å². The average Bonchev–Trinajstić information content (AvgIpc) is 2.88. The van der Waals surface area contributed by atoms with Gasteiger partial charge in [-0.3, -0.25) is 9.48 Å². The molecule has 1 amide bonds. The topological polar surface area (TPSA) is 56.1 Å². The Labute approximate surface area is 132 Å². The maximum atomic E-state index is 11.7. The van der Waals surface area contributed by atoms with Crippen LogP contribution in [0.3, 0.4) is 0 Å². The summed E-state index contributed by atoms with van der Waals surface area (Å²) in [5, 5.41) is 6.98. The Bertz CT molecular complexity index is 598. The monoisotopic (exact) mass is 351 g/mol. The van der Waals surface area contributed by atoms with E-state index in [1.54, 1.807) is 6.20 Å². The third-order valence-corrected chi connectivity index (χ3v) is 3.35. The molecule has 0 saturated heterocycles. The molecule has 21 heavy (non-hydrogen) atoms. The number of nitrogens with zero attached hydrogens (tertiary/aromatic N) is 2. The van der Waals surface area contributed by atoms with Crippen molar-refractivity contribution in [3.63, 3.8) is 0 Å². The molecule has 1 N–H and O–H groups in total. The summed E-state index contributed by atoms with van der Waals surface area (Å²) in [4.78, 5) is 11.7. The zero-order valence-electron chi connectivity index (χ0n) is 11.9. The lowest BCUT2D eigenvalue weighted by atomic mass is 10.2. The van der Waals surface area contributed by atoms with Gasteiger partial charge >= 0.3 is 0 Å². The molecule has 0 spiro atoms. The van der Waals surface area contributed by atoms with Crippen LogP contribution >= 0.6 is 15.9 Å². The summed E-state index contributed by atoms with van der Waals surface area (Å²) < 4.78 is 8.27. The summed E-state index contributed by atoms with van der Waals surface area (Å²) in [6.45, 7) is 3.37. The molecule has 0 saturated carbocycles. The third-order valence-electron chi connectivity index (χ3n) is 2.94. The molecular weight excluding hydrogens is 334 g/mol. The molecule has 0 aliphatic heterocycles. The molecule has 6 heteroatoms.